The fourth-order valence-electron chi connectivity index (χ4n) is 2.55. The van der Waals surface area contributed by atoms with Crippen LogP contribution >= 0.6 is 0 Å². The predicted molar refractivity (Wildman–Crippen MR) is 82.9 cm³/mol. The number of hydrogen-bond donors (Lipinski definition) is 3. The number of rotatable bonds is 8. The molecule has 1 heterocycles. The molecule has 0 spiro atoms. The second kappa shape index (κ2) is 7.86. The molecule has 1 amide bonds. The summed E-state index contributed by atoms with van der Waals surface area (Å²) in [4.78, 5) is 26.1. The van der Waals surface area contributed by atoms with Gasteiger partial charge >= 0.3 is 5.97 Å². The van der Waals surface area contributed by atoms with E-state index in [0.29, 0.717) is 16.8 Å². The van der Waals surface area contributed by atoms with Crippen molar-refractivity contribution in [2.75, 3.05) is 0 Å². The molecule has 0 bridgehead atoms. The van der Waals surface area contributed by atoms with E-state index in [2.05, 4.69) is 17.2 Å². The van der Waals surface area contributed by atoms with Crippen molar-refractivity contribution in [3.63, 3.8) is 0 Å². The van der Waals surface area contributed by atoms with Crippen molar-refractivity contribution in [3.8, 4) is 0 Å². The van der Waals surface area contributed by atoms with E-state index in [9.17, 15) is 9.59 Å². The highest BCUT2D eigenvalue weighted by molar-refractivity contribution is 6.00. The Morgan fingerprint density at radius 3 is 2.43 bits per heavy atom. The summed E-state index contributed by atoms with van der Waals surface area (Å²) in [5, 5.41) is 12.0. The topological polar surface area (TPSA) is 82.2 Å². The van der Waals surface area contributed by atoms with E-state index in [4.69, 9.17) is 5.11 Å². The first-order chi connectivity index (χ1) is 9.88. The van der Waals surface area contributed by atoms with E-state index in [1.165, 1.54) is 19.3 Å². The lowest BCUT2D eigenvalue weighted by atomic mass is 10.1. The Labute approximate surface area is 126 Å². The Morgan fingerprint density at radius 2 is 1.90 bits per heavy atom. The standard InChI is InChI=1S/C16H26N2O3/c1-5-6-7-8-9-10(2)17-15(19)13-11(3)14(16(20)21)18-12(13)4/h10,18H,5-9H2,1-4H3,(H,17,19)(H,20,21). The number of aromatic amines is 1. The zero-order valence-corrected chi connectivity index (χ0v) is 13.4. The van der Waals surface area contributed by atoms with Crippen LogP contribution in [-0.2, 0) is 0 Å². The first-order valence-electron chi connectivity index (χ1n) is 7.61. The first kappa shape index (κ1) is 17.3. The van der Waals surface area contributed by atoms with Gasteiger partial charge in [-0.15, -0.1) is 0 Å². The van der Waals surface area contributed by atoms with Crippen molar-refractivity contribution in [1.29, 1.82) is 0 Å². The average Bonchev–Trinajstić information content (AvgIpc) is 2.70. The molecule has 1 aromatic heterocycles. The Morgan fingerprint density at radius 1 is 1.24 bits per heavy atom. The molecule has 118 valence electrons. The van der Waals surface area contributed by atoms with Crippen molar-refractivity contribution >= 4 is 11.9 Å². The molecule has 5 heteroatoms. The molecule has 0 fully saturated rings. The van der Waals surface area contributed by atoms with Gasteiger partial charge in [0.2, 0.25) is 0 Å². The van der Waals surface area contributed by atoms with E-state index in [-0.39, 0.29) is 17.6 Å². The molecule has 3 N–H and O–H groups in total. The van der Waals surface area contributed by atoms with Gasteiger partial charge in [0.1, 0.15) is 5.69 Å². The highest BCUT2D eigenvalue weighted by Gasteiger charge is 2.22. The van der Waals surface area contributed by atoms with Crippen molar-refractivity contribution in [3.05, 3.63) is 22.5 Å². The summed E-state index contributed by atoms with van der Waals surface area (Å²) < 4.78 is 0. The fourth-order valence-corrected chi connectivity index (χ4v) is 2.55. The molecular formula is C16H26N2O3. The van der Waals surface area contributed by atoms with Crippen LogP contribution in [0.5, 0.6) is 0 Å². The SMILES string of the molecule is CCCCCCC(C)NC(=O)c1c(C)[nH]c(C(=O)O)c1C. The van der Waals surface area contributed by atoms with E-state index in [1.54, 1.807) is 13.8 Å². The molecule has 0 aliphatic rings. The molecule has 0 aromatic carbocycles. The minimum absolute atomic E-state index is 0.0910. The number of aromatic carboxylic acids is 1. The van der Waals surface area contributed by atoms with E-state index in [0.717, 1.165) is 12.8 Å². The van der Waals surface area contributed by atoms with Crippen LogP contribution < -0.4 is 5.32 Å². The quantitative estimate of drug-likeness (QED) is 0.642. The normalized spacial score (nSPS) is 12.2. The molecule has 21 heavy (non-hydrogen) atoms. The van der Waals surface area contributed by atoms with Gasteiger partial charge in [-0.1, -0.05) is 32.6 Å². The third-order valence-electron chi connectivity index (χ3n) is 3.75. The fraction of sp³-hybridized carbons (Fsp3) is 0.625. The summed E-state index contributed by atoms with van der Waals surface area (Å²) >= 11 is 0. The van der Waals surface area contributed by atoms with Crippen LogP contribution in [0, 0.1) is 13.8 Å². The van der Waals surface area contributed by atoms with Crippen LogP contribution in [0.15, 0.2) is 0 Å². The molecule has 1 unspecified atom stereocenters. The minimum atomic E-state index is -1.04. The minimum Gasteiger partial charge on any atom is -0.477 e. The molecular weight excluding hydrogens is 268 g/mol. The number of aromatic nitrogens is 1. The zero-order chi connectivity index (χ0) is 16.0. The molecule has 1 atom stereocenters. The molecule has 0 aliphatic carbocycles. The molecule has 0 aliphatic heterocycles. The van der Waals surface area contributed by atoms with Gasteiger partial charge in [-0.05, 0) is 32.8 Å². The predicted octanol–water partition coefficient (Wildman–Crippen LogP) is 3.42. The number of unbranched alkanes of at least 4 members (excludes halogenated alkanes) is 3. The average molecular weight is 294 g/mol. The number of aryl methyl sites for hydroxylation is 1. The van der Waals surface area contributed by atoms with Gasteiger partial charge in [-0.25, -0.2) is 4.79 Å². The lowest BCUT2D eigenvalue weighted by Gasteiger charge is -2.14. The van der Waals surface area contributed by atoms with Gasteiger partial charge < -0.3 is 15.4 Å². The van der Waals surface area contributed by atoms with Crippen molar-refractivity contribution in [1.82, 2.24) is 10.3 Å². The van der Waals surface area contributed by atoms with Crippen LogP contribution in [0.3, 0.4) is 0 Å². The van der Waals surface area contributed by atoms with Crippen LogP contribution in [0.2, 0.25) is 0 Å². The molecule has 1 rings (SSSR count). The molecule has 1 aromatic rings. The van der Waals surface area contributed by atoms with Gasteiger partial charge in [-0.2, -0.15) is 0 Å². The van der Waals surface area contributed by atoms with Crippen LogP contribution in [0.1, 0.15) is 78.1 Å². The van der Waals surface area contributed by atoms with Gasteiger partial charge in [-0.3, -0.25) is 4.79 Å². The lowest BCUT2D eigenvalue weighted by molar-refractivity contribution is 0.0690. The zero-order valence-electron chi connectivity index (χ0n) is 13.4. The second-order valence-corrected chi connectivity index (χ2v) is 5.65. The molecule has 0 saturated heterocycles. The Hall–Kier alpha value is -1.78. The summed E-state index contributed by atoms with van der Waals surface area (Å²) in [6.07, 6.45) is 5.64. The maximum atomic E-state index is 12.3. The number of H-pyrrole nitrogens is 1. The van der Waals surface area contributed by atoms with Gasteiger partial charge in [0.25, 0.3) is 5.91 Å². The van der Waals surface area contributed by atoms with Crippen LogP contribution in [0.4, 0.5) is 0 Å². The Bertz CT molecular complexity index is 506. The van der Waals surface area contributed by atoms with E-state index < -0.39 is 5.97 Å². The summed E-state index contributed by atoms with van der Waals surface area (Å²) in [6.45, 7) is 7.54. The van der Waals surface area contributed by atoms with Gasteiger partial charge in [0.15, 0.2) is 0 Å². The molecule has 0 radical (unpaired) electrons. The van der Waals surface area contributed by atoms with Gasteiger partial charge in [0.05, 0.1) is 5.56 Å². The van der Waals surface area contributed by atoms with Crippen molar-refractivity contribution in [2.24, 2.45) is 0 Å². The smallest absolute Gasteiger partial charge is 0.352 e. The number of carbonyl (C=O) groups excluding carboxylic acids is 1. The Balaban J connectivity index is 2.65. The Kier molecular flexibility index (Phi) is 6.46. The number of hydrogen-bond acceptors (Lipinski definition) is 2. The summed E-state index contributed by atoms with van der Waals surface area (Å²) in [5.74, 6) is -1.24. The molecule has 5 nitrogen and oxygen atoms in total. The highest BCUT2D eigenvalue weighted by atomic mass is 16.4. The highest BCUT2D eigenvalue weighted by Crippen LogP contribution is 2.18. The van der Waals surface area contributed by atoms with Crippen LogP contribution in [0.25, 0.3) is 0 Å². The number of carboxylic acids is 1. The lowest BCUT2D eigenvalue weighted by Crippen LogP contribution is -2.33. The summed E-state index contributed by atoms with van der Waals surface area (Å²) in [7, 11) is 0. The van der Waals surface area contributed by atoms with Gasteiger partial charge in [0, 0.05) is 11.7 Å². The third kappa shape index (κ3) is 4.62. The number of nitrogens with one attached hydrogen (secondary N) is 2. The second-order valence-electron chi connectivity index (χ2n) is 5.65. The van der Waals surface area contributed by atoms with E-state index in [1.807, 2.05) is 6.92 Å². The number of carboxylic acid groups (broad SMARTS) is 1. The maximum Gasteiger partial charge on any atom is 0.352 e. The van der Waals surface area contributed by atoms with Crippen LogP contribution in [-0.4, -0.2) is 28.0 Å². The largest absolute Gasteiger partial charge is 0.477 e. The number of carbonyl (C=O) groups is 2. The summed E-state index contributed by atoms with van der Waals surface area (Å²) in [6, 6.07) is 0.0938. The maximum absolute atomic E-state index is 12.3. The van der Waals surface area contributed by atoms with Crippen molar-refractivity contribution in [2.45, 2.75) is 65.8 Å². The molecule has 0 saturated carbocycles. The third-order valence-corrected chi connectivity index (χ3v) is 3.75. The van der Waals surface area contributed by atoms with Crippen molar-refractivity contribution < 1.29 is 14.7 Å². The summed E-state index contributed by atoms with van der Waals surface area (Å²) in [5.41, 5.74) is 1.64. The van der Waals surface area contributed by atoms with E-state index >= 15 is 0 Å². The monoisotopic (exact) mass is 294 g/mol. The first-order valence-corrected chi connectivity index (χ1v) is 7.61. The number of amides is 1.